The average Bonchev–Trinajstić information content (AvgIpc) is 2.65. The van der Waals surface area contributed by atoms with Gasteiger partial charge in [-0.1, -0.05) is 56.8 Å². The zero-order chi connectivity index (χ0) is 19.2. The molecule has 3 aromatic carbocycles. The predicted molar refractivity (Wildman–Crippen MR) is 112 cm³/mol. The summed E-state index contributed by atoms with van der Waals surface area (Å²) in [5.74, 6) is 1.03. The molecular weight excluding hydrogens is 354 g/mol. The SMILES string of the molecule is COc1cc(N2c3ccccc3Sc3ccccc32)c(O)c(C(C)(C)C)c1. The number of benzene rings is 3. The monoisotopic (exact) mass is 377 g/mol. The van der Waals surface area contributed by atoms with Gasteiger partial charge in [-0.15, -0.1) is 0 Å². The number of ether oxygens (including phenoxy) is 1. The van der Waals surface area contributed by atoms with E-state index in [1.807, 2.05) is 36.4 Å². The number of fused-ring (bicyclic) bond motifs is 2. The minimum absolute atomic E-state index is 0.211. The van der Waals surface area contributed by atoms with E-state index in [1.165, 1.54) is 0 Å². The van der Waals surface area contributed by atoms with E-state index in [9.17, 15) is 5.11 Å². The van der Waals surface area contributed by atoms with E-state index in [0.717, 1.165) is 38.2 Å². The van der Waals surface area contributed by atoms with Crippen LogP contribution in [0.25, 0.3) is 0 Å². The highest BCUT2D eigenvalue weighted by Gasteiger charge is 2.29. The van der Waals surface area contributed by atoms with Crippen molar-refractivity contribution in [1.82, 2.24) is 0 Å². The van der Waals surface area contributed by atoms with Crippen LogP contribution in [0.15, 0.2) is 70.5 Å². The Morgan fingerprint density at radius 2 is 1.41 bits per heavy atom. The first-order valence-corrected chi connectivity index (χ1v) is 9.79. The highest BCUT2D eigenvalue weighted by molar-refractivity contribution is 7.99. The standard InChI is InChI=1S/C23H23NO2S/c1-23(2,3)16-13-15(26-4)14-19(22(16)25)24-17-9-5-7-11-20(17)27-21-12-8-6-10-18(21)24/h5-14,25H,1-4H3. The summed E-state index contributed by atoms with van der Waals surface area (Å²) in [6, 6.07) is 20.4. The first-order valence-electron chi connectivity index (χ1n) is 8.97. The van der Waals surface area contributed by atoms with Crippen molar-refractivity contribution in [3.05, 3.63) is 66.2 Å². The highest BCUT2D eigenvalue weighted by Crippen LogP contribution is 2.54. The average molecular weight is 378 g/mol. The fourth-order valence-corrected chi connectivity index (χ4v) is 4.48. The molecule has 3 nitrogen and oxygen atoms in total. The Balaban J connectivity index is 2.02. The first kappa shape index (κ1) is 17.8. The fraction of sp³-hybridized carbons (Fsp3) is 0.217. The van der Waals surface area contributed by atoms with Crippen LogP contribution in [-0.2, 0) is 5.41 Å². The lowest BCUT2D eigenvalue weighted by Crippen LogP contribution is -2.18. The molecule has 0 bridgehead atoms. The molecule has 0 unspecified atom stereocenters. The van der Waals surface area contributed by atoms with Crippen molar-refractivity contribution >= 4 is 28.8 Å². The second-order valence-electron chi connectivity index (χ2n) is 7.67. The second kappa shape index (κ2) is 6.54. The van der Waals surface area contributed by atoms with Gasteiger partial charge in [0.15, 0.2) is 0 Å². The van der Waals surface area contributed by atoms with E-state index in [-0.39, 0.29) is 5.41 Å². The zero-order valence-electron chi connectivity index (χ0n) is 16.0. The molecule has 0 saturated carbocycles. The number of hydrogen-bond donors (Lipinski definition) is 1. The van der Waals surface area contributed by atoms with E-state index in [2.05, 4.69) is 49.9 Å². The van der Waals surface area contributed by atoms with Crippen LogP contribution in [0.1, 0.15) is 26.3 Å². The molecule has 27 heavy (non-hydrogen) atoms. The summed E-state index contributed by atoms with van der Waals surface area (Å²) in [6.07, 6.45) is 0. The Morgan fingerprint density at radius 3 is 1.93 bits per heavy atom. The van der Waals surface area contributed by atoms with Gasteiger partial charge in [-0.05, 0) is 35.7 Å². The van der Waals surface area contributed by atoms with Crippen molar-refractivity contribution in [3.8, 4) is 11.5 Å². The fourth-order valence-electron chi connectivity index (χ4n) is 3.42. The highest BCUT2D eigenvalue weighted by atomic mass is 32.2. The van der Waals surface area contributed by atoms with Gasteiger partial charge in [0.1, 0.15) is 11.5 Å². The molecule has 0 radical (unpaired) electrons. The number of methoxy groups -OCH3 is 1. The summed E-state index contributed by atoms with van der Waals surface area (Å²) in [7, 11) is 1.66. The van der Waals surface area contributed by atoms with Gasteiger partial charge in [-0.25, -0.2) is 0 Å². The van der Waals surface area contributed by atoms with Gasteiger partial charge in [0.2, 0.25) is 0 Å². The van der Waals surface area contributed by atoms with E-state index in [0.29, 0.717) is 5.75 Å². The third-order valence-corrected chi connectivity index (χ3v) is 5.91. The number of rotatable bonds is 2. The van der Waals surface area contributed by atoms with Crippen LogP contribution in [0, 0.1) is 0 Å². The Bertz CT molecular complexity index is 962. The number of phenolic OH excluding ortho intramolecular Hbond substituents is 1. The molecule has 1 heterocycles. The van der Waals surface area contributed by atoms with Gasteiger partial charge in [0.25, 0.3) is 0 Å². The molecule has 1 aliphatic rings. The van der Waals surface area contributed by atoms with Crippen molar-refractivity contribution in [2.45, 2.75) is 36.0 Å². The predicted octanol–water partition coefficient (Wildman–Crippen LogP) is 6.63. The smallest absolute Gasteiger partial charge is 0.143 e. The third kappa shape index (κ3) is 3.04. The Labute approximate surface area is 164 Å². The molecule has 1 aliphatic heterocycles. The van der Waals surface area contributed by atoms with Crippen LogP contribution in [0.4, 0.5) is 17.1 Å². The zero-order valence-corrected chi connectivity index (χ0v) is 16.8. The molecule has 0 saturated heterocycles. The largest absolute Gasteiger partial charge is 0.505 e. The maximum Gasteiger partial charge on any atom is 0.143 e. The Kier molecular flexibility index (Phi) is 4.31. The molecule has 4 rings (SSSR count). The molecule has 1 N–H and O–H groups in total. The van der Waals surface area contributed by atoms with Crippen LogP contribution in [-0.4, -0.2) is 12.2 Å². The molecule has 0 aromatic heterocycles. The summed E-state index contributed by atoms with van der Waals surface area (Å²) >= 11 is 1.75. The van der Waals surface area contributed by atoms with Crippen LogP contribution in [0.3, 0.4) is 0 Å². The Hall–Kier alpha value is -2.59. The Morgan fingerprint density at radius 1 is 0.852 bits per heavy atom. The number of aromatic hydroxyl groups is 1. The quantitative estimate of drug-likeness (QED) is 0.425. The number of anilines is 3. The molecule has 4 heteroatoms. The van der Waals surface area contributed by atoms with Gasteiger partial charge in [0.05, 0.1) is 24.2 Å². The van der Waals surface area contributed by atoms with Gasteiger partial charge >= 0.3 is 0 Å². The van der Waals surface area contributed by atoms with Crippen molar-refractivity contribution < 1.29 is 9.84 Å². The molecule has 0 atom stereocenters. The molecule has 0 fully saturated rings. The molecule has 0 spiro atoms. The molecule has 3 aromatic rings. The van der Waals surface area contributed by atoms with Gasteiger partial charge in [-0.2, -0.15) is 0 Å². The summed E-state index contributed by atoms with van der Waals surface area (Å²) in [5.41, 5.74) is 3.51. The molecule has 0 aliphatic carbocycles. The number of nitrogens with zero attached hydrogens (tertiary/aromatic N) is 1. The summed E-state index contributed by atoms with van der Waals surface area (Å²) in [4.78, 5) is 4.46. The minimum Gasteiger partial charge on any atom is -0.505 e. The van der Waals surface area contributed by atoms with E-state index < -0.39 is 0 Å². The van der Waals surface area contributed by atoms with Crippen LogP contribution >= 0.6 is 11.8 Å². The number of para-hydroxylation sites is 2. The van der Waals surface area contributed by atoms with Crippen LogP contribution < -0.4 is 9.64 Å². The minimum atomic E-state index is -0.211. The molecule has 138 valence electrons. The van der Waals surface area contributed by atoms with Gasteiger partial charge in [0, 0.05) is 21.4 Å². The van der Waals surface area contributed by atoms with E-state index >= 15 is 0 Å². The van der Waals surface area contributed by atoms with Gasteiger partial charge in [-0.3, -0.25) is 0 Å². The summed E-state index contributed by atoms with van der Waals surface area (Å²) < 4.78 is 5.57. The van der Waals surface area contributed by atoms with Crippen LogP contribution in [0.2, 0.25) is 0 Å². The van der Waals surface area contributed by atoms with Crippen LogP contribution in [0.5, 0.6) is 11.5 Å². The molecule has 0 amide bonds. The maximum absolute atomic E-state index is 11.2. The normalized spacial score (nSPS) is 13.1. The lowest BCUT2D eigenvalue weighted by atomic mass is 9.85. The summed E-state index contributed by atoms with van der Waals surface area (Å²) in [6.45, 7) is 6.29. The number of hydrogen-bond acceptors (Lipinski definition) is 4. The van der Waals surface area contributed by atoms with Crippen molar-refractivity contribution in [1.29, 1.82) is 0 Å². The topological polar surface area (TPSA) is 32.7 Å². The second-order valence-corrected chi connectivity index (χ2v) is 8.75. The van der Waals surface area contributed by atoms with E-state index in [4.69, 9.17) is 4.74 Å². The number of phenols is 1. The summed E-state index contributed by atoms with van der Waals surface area (Å²) in [5, 5.41) is 11.2. The van der Waals surface area contributed by atoms with E-state index in [1.54, 1.807) is 18.9 Å². The van der Waals surface area contributed by atoms with Crippen molar-refractivity contribution in [2.75, 3.05) is 12.0 Å². The van der Waals surface area contributed by atoms with Crippen molar-refractivity contribution in [2.24, 2.45) is 0 Å². The van der Waals surface area contributed by atoms with Gasteiger partial charge < -0.3 is 14.7 Å². The molecular formula is C23H23NO2S. The van der Waals surface area contributed by atoms with Crippen molar-refractivity contribution in [3.63, 3.8) is 0 Å². The lowest BCUT2D eigenvalue weighted by molar-refractivity contribution is 0.406. The lowest BCUT2D eigenvalue weighted by Gasteiger charge is -2.34. The maximum atomic E-state index is 11.2. The first-order chi connectivity index (χ1) is 12.9. The third-order valence-electron chi connectivity index (χ3n) is 4.78.